The molecule has 0 aliphatic carbocycles. The van der Waals surface area contributed by atoms with Crippen molar-refractivity contribution in [3.8, 4) is 11.3 Å². The van der Waals surface area contributed by atoms with Gasteiger partial charge in [0, 0.05) is 25.7 Å². The van der Waals surface area contributed by atoms with Crippen molar-refractivity contribution in [2.75, 3.05) is 0 Å². The molecule has 0 aliphatic heterocycles. The predicted octanol–water partition coefficient (Wildman–Crippen LogP) is 5.26. The van der Waals surface area contributed by atoms with Gasteiger partial charge in [0.15, 0.2) is 0 Å². The molecule has 3 heteroatoms. The van der Waals surface area contributed by atoms with Crippen LogP contribution in [0.5, 0.6) is 0 Å². The summed E-state index contributed by atoms with van der Waals surface area (Å²) in [4.78, 5) is 4.20. The van der Waals surface area contributed by atoms with E-state index in [1.54, 1.807) is 17.4 Å². The summed E-state index contributed by atoms with van der Waals surface area (Å²) in [7, 11) is 0. The minimum atomic E-state index is -0.308. The Balaban J connectivity index is 2.07. The van der Waals surface area contributed by atoms with Crippen LogP contribution in [-0.2, 0) is 0 Å². The third kappa shape index (κ3) is 1.71. The van der Waals surface area contributed by atoms with E-state index in [9.17, 15) is 4.39 Å². The van der Waals surface area contributed by atoms with Gasteiger partial charge in [-0.15, -0.1) is 11.3 Å². The third-order valence-corrected chi connectivity index (χ3v) is 4.63. The van der Waals surface area contributed by atoms with E-state index in [0.717, 1.165) is 11.3 Å². The van der Waals surface area contributed by atoms with E-state index >= 15 is 0 Å². The molecule has 96 valence electrons. The van der Waals surface area contributed by atoms with Crippen molar-refractivity contribution in [3.63, 3.8) is 0 Å². The van der Waals surface area contributed by atoms with Crippen LogP contribution in [0.2, 0.25) is 0 Å². The predicted molar refractivity (Wildman–Crippen MR) is 82.5 cm³/mol. The number of fused-ring (bicyclic) bond motifs is 3. The Morgan fingerprint density at radius 3 is 2.55 bits per heavy atom. The number of pyridine rings is 1. The Kier molecular flexibility index (Phi) is 2.54. The lowest BCUT2D eigenvalue weighted by molar-refractivity contribution is 0.622. The van der Waals surface area contributed by atoms with Crippen LogP contribution in [-0.4, -0.2) is 4.98 Å². The van der Waals surface area contributed by atoms with Crippen LogP contribution >= 0.6 is 11.3 Å². The summed E-state index contributed by atoms with van der Waals surface area (Å²) < 4.78 is 15.5. The molecule has 2 aromatic heterocycles. The number of thiophene rings is 1. The van der Waals surface area contributed by atoms with Gasteiger partial charge in [0.2, 0.25) is 0 Å². The molecule has 0 unspecified atom stereocenters. The molecule has 0 atom stereocenters. The van der Waals surface area contributed by atoms with Crippen LogP contribution in [0.15, 0.2) is 60.8 Å². The van der Waals surface area contributed by atoms with Crippen molar-refractivity contribution < 1.29 is 4.39 Å². The fraction of sp³-hybridized carbons (Fsp3) is 0. The Morgan fingerprint density at radius 2 is 1.70 bits per heavy atom. The Bertz CT molecular complexity index is 909. The Morgan fingerprint density at radius 1 is 0.850 bits per heavy atom. The average Bonchev–Trinajstić information content (AvgIpc) is 2.87. The minimum absolute atomic E-state index is 0.308. The Labute approximate surface area is 119 Å². The zero-order valence-corrected chi connectivity index (χ0v) is 11.3. The molecule has 2 heterocycles. The highest BCUT2D eigenvalue weighted by molar-refractivity contribution is 7.26. The first-order chi connectivity index (χ1) is 9.83. The average molecular weight is 279 g/mol. The normalized spacial score (nSPS) is 11.2. The lowest BCUT2D eigenvalue weighted by Gasteiger charge is -2.02. The molecule has 0 radical (unpaired) electrons. The van der Waals surface area contributed by atoms with E-state index in [2.05, 4.69) is 29.2 Å². The molecule has 4 aromatic rings. The van der Waals surface area contributed by atoms with Gasteiger partial charge < -0.3 is 0 Å². The molecule has 0 saturated heterocycles. The second-order valence-corrected chi connectivity index (χ2v) is 5.69. The van der Waals surface area contributed by atoms with Gasteiger partial charge in [0.1, 0.15) is 5.82 Å². The number of halogens is 1. The molecule has 2 aromatic carbocycles. The summed E-state index contributed by atoms with van der Waals surface area (Å²) in [6.45, 7) is 0. The lowest BCUT2D eigenvalue weighted by Crippen LogP contribution is -1.84. The molecule has 0 amide bonds. The van der Waals surface area contributed by atoms with E-state index in [4.69, 9.17) is 0 Å². The van der Waals surface area contributed by atoms with Crippen molar-refractivity contribution in [1.82, 2.24) is 4.98 Å². The monoisotopic (exact) mass is 279 g/mol. The summed E-state index contributed by atoms with van der Waals surface area (Å²) >= 11 is 1.75. The molecule has 20 heavy (non-hydrogen) atoms. The van der Waals surface area contributed by atoms with Crippen molar-refractivity contribution in [2.24, 2.45) is 0 Å². The molecule has 4 rings (SSSR count). The second-order valence-electron chi connectivity index (χ2n) is 4.64. The highest BCUT2D eigenvalue weighted by atomic mass is 32.1. The molecule has 0 spiro atoms. The van der Waals surface area contributed by atoms with Gasteiger partial charge in [-0.3, -0.25) is 4.98 Å². The first-order valence-corrected chi connectivity index (χ1v) is 7.17. The minimum Gasteiger partial charge on any atom is -0.253 e. The van der Waals surface area contributed by atoms with E-state index in [1.807, 2.05) is 18.2 Å². The third-order valence-electron chi connectivity index (χ3n) is 3.41. The number of rotatable bonds is 1. The number of nitrogens with zero attached hydrogens (tertiary/aromatic N) is 1. The molecule has 0 saturated carbocycles. The maximum absolute atomic E-state index is 13.0. The number of hydrogen-bond donors (Lipinski definition) is 0. The van der Waals surface area contributed by atoms with Crippen molar-refractivity contribution >= 4 is 31.5 Å². The first kappa shape index (κ1) is 11.6. The topological polar surface area (TPSA) is 12.9 Å². The summed E-state index contributed by atoms with van der Waals surface area (Å²) in [5.41, 5.74) is 1.87. The molecule has 0 N–H and O–H groups in total. The highest BCUT2D eigenvalue weighted by Gasteiger charge is 2.10. The van der Waals surface area contributed by atoms with Crippen LogP contribution in [0.3, 0.4) is 0 Å². The van der Waals surface area contributed by atoms with Gasteiger partial charge in [0.05, 0.1) is 11.9 Å². The van der Waals surface area contributed by atoms with Crippen molar-refractivity contribution in [1.29, 1.82) is 0 Å². The fourth-order valence-corrected chi connectivity index (χ4v) is 3.71. The van der Waals surface area contributed by atoms with Crippen LogP contribution in [0.1, 0.15) is 0 Å². The molecule has 0 fully saturated rings. The van der Waals surface area contributed by atoms with E-state index in [1.165, 1.54) is 32.4 Å². The molecule has 0 bridgehead atoms. The fourth-order valence-electron chi connectivity index (χ4n) is 2.48. The quantitative estimate of drug-likeness (QED) is 0.463. The van der Waals surface area contributed by atoms with Gasteiger partial charge in [0.25, 0.3) is 0 Å². The van der Waals surface area contributed by atoms with E-state index in [0.29, 0.717) is 0 Å². The maximum atomic E-state index is 13.0. The van der Waals surface area contributed by atoms with Gasteiger partial charge in [-0.05, 0) is 18.2 Å². The van der Waals surface area contributed by atoms with Gasteiger partial charge in [-0.25, -0.2) is 4.39 Å². The molecule has 1 nitrogen and oxygen atoms in total. The highest BCUT2D eigenvalue weighted by Crippen LogP contribution is 2.38. The maximum Gasteiger partial charge on any atom is 0.141 e. The van der Waals surface area contributed by atoms with Gasteiger partial charge in [-0.1, -0.05) is 36.4 Å². The van der Waals surface area contributed by atoms with Gasteiger partial charge in [-0.2, -0.15) is 0 Å². The lowest BCUT2D eigenvalue weighted by atomic mass is 10.1. The van der Waals surface area contributed by atoms with Crippen LogP contribution in [0.4, 0.5) is 4.39 Å². The van der Waals surface area contributed by atoms with E-state index < -0.39 is 0 Å². The van der Waals surface area contributed by atoms with Crippen LogP contribution < -0.4 is 0 Å². The zero-order chi connectivity index (χ0) is 13.5. The van der Waals surface area contributed by atoms with Crippen molar-refractivity contribution in [2.45, 2.75) is 0 Å². The van der Waals surface area contributed by atoms with Gasteiger partial charge >= 0.3 is 0 Å². The standard InChI is InChI=1S/C17H10FNS/c18-11-8-9-15(19-10-11)14-6-3-5-13-12-4-1-2-7-16(12)20-17(13)14/h1-10H. The number of benzene rings is 2. The number of aromatic nitrogens is 1. The molecule has 0 aliphatic rings. The molecular weight excluding hydrogens is 269 g/mol. The summed E-state index contributed by atoms with van der Waals surface area (Å²) in [6, 6.07) is 17.7. The number of hydrogen-bond acceptors (Lipinski definition) is 2. The summed E-state index contributed by atoms with van der Waals surface area (Å²) in [5.74, 6) is -0.308. The molecular formula is C17H10FNS. The van der Waals surface area contributed by atoms with E-state index in [-0.39, 0.29) is 5.82 Å². The Hall–Kier alpha value is -2.26. The summed E-state index contributed by atoms with van der Waals surface area (Å²) in [6.07, 6.45) is 1.27. The zero-order valence-electron chi connectivity index (χ0n) is 10.5. The van der Waals surface area contributed by atoms with Crippen molar-refractivity contribution in [3.05, 3.63) is 66.6 Å². The van der Waals surface area contributed by atoms with Crippen LogP contribution in [0, 0.1) is 5.82 Å². The second kappa shape index (κ2) is 4.39. The SMILES string of the molecule is Fc1ccc(-c2cccc3c2sc2ccccc23)nc1. The smallest absolute Gasteiger partial charge is 0.141 e. The van der Waals surface area contributed by atoms with Crippen LogP contribution in [0.25, 0.3) is 31.4 Å². The largest absolute Gasteiger partial charge is 0.253 e. The summed E-state index contributed by atoms with van der Waals surface area (Å²) in [5, 5.41) is 2.49. The first-order valence-electron chi connectivity index (χ1n) is 6.35.